The summed E-state index contributed by atoms with van der Waals surface area (Å²) in [6.45, 7) is -0.0594. The Balaban J connectivity index is 0.000000228. The molecule has 656 valence electrons. The molecule has 12 aromatic carbocycles. The zero-order chi connectivity index (χ0) is 89.4. The van der Waals surface area contributed by atoms with Crippen molar-refractivity contribution in [3.05, 3.63) is 341 Å². The molecule has 0 aromatic heterocycles. The Hall–Kier alpha value is -10.6. The zero-order valence-electron chi connectivity index (χ0n) is 65.8. The van der Waals surface area contributed by atoms with Gasteiger partial charge in [0.1, 0.15) is 47.2 Å². The highest BCUT2D eigenvalue weighted by atomic mass is 79.9. The third-order valence-electron chi connectivity index (χ3n) is 21.1. The van der Waals surface area contributed by atoms with Crippen molar-refractivity contribution in [3.63, 3.8) is 0 Å². The molecule has 4 aliphatic rings. The molecule has 34 heteroatoms. The molecule has 0 bridgehead atoms. The number of carbonyl (C=O) groups excluding carboxylic acids is 12. The Kier molecular flexibility index (Phi) is 31.5. The van der Waals surface area contributed by atoms with E-state index in [1.807, 2.05) is 24.3 Å². The van der Waals surface area contributed by atoms with Crippen molar-refractivity contribution in [2.45, 2.75) is 46.0 Å². The average molecular weight is 2380 g/mol. The number of ketones is 8. The predicted molar refractivity (Wildman–Crippen MR) is 497 cm³/mol. The number of quaternary nitrogens is 2. The normalized spacial score (nSPS) is 12.3. The highest BCUT2D eigenvalue weighted by molar-refractivity contribution is 9.12. The third kappa shape index (κ3) is 20.3. The molecule has 129 heavy (non-hydrogen) atoms. The van der Waals surface area contributed by atoms with E-state index < -0.39 is 71.4 Å². The predicted octanol–water partition coefficient (Wildman–Crippen LogP) is 13.1. The molecule has 0 amide bonds. The minimum atomic E-state index is -0.754. The van der Waals surface area contributed by atoms with Crippen LogP contribution in [0, 0.1) is 0 Å². The third-order valence-corrected chi connectivity index (χ3v) is 26.2. The fourth-order valence-corrected chi connectivity index (χ4v) is 21.1. The van der Waals surface area contributed by atoms with Gasteiger partial charge in [0.2, 0.25) is 11.6 Å². The summed E-state index contributed by atoms with van der Waals surface area (Å²) in [4.78, 5) is 157. The number of benzene rings is 12. The number of esters is 4. The molecule has 0 saturated heterocycles. The minimum absolute atomic E-state index is 0. The van der Waals surface area contributed by atoms with E-state index in [9.17, 15) is 78.0 Å². The topological polar surface area (TPSA) is 380 Å². The van der Waals surface area contributed by atoms with Crippen molar-refractivity contribution < 1.29 is 142 Å². The van der Waals surface area contributed by atoms with Gasteiger partial charge in [-0.25, -0.2) is 0 Å². The summed E-state index contributed by atoms with van der Waals surface area (Å²) in [5.41, 5.74) is 9.28. The van der Waals surface area contributed by atoms with Gasteiger partial charge >= 0.3 is 23.9 Å². The summed E-state index contributed by atoms with van der Waals surface area (Å²) in [5, 5.41) is 52.2. The molecular weight excluding hydrogens is 2320 g/mol. The van der Waals surface area contributed by atoms with Crippen molar-refractivity contribution in [1.82, 2.24) is 0 Å². The lowest BCUT2D eigenvalue weighted by atomic mass is 9.82. The number of phenols is 4. The Morgan fingerprint density at radius 3 is 0.721 bits per heavy atom. The van der Waals surface area contributed by atoms with Gasteiger partial charge in [0.15, 0.2) is 46.1 Å². The first kappa shape index (κ1) is 97.5. The number of fused-ring (bicyclic) bond motifs is 8. The van der Waals surface area contributed by atoms with E-state index in [1.54, 1.807) is 144 Å². The van der Waals surface area contributed by atoms with Gasteiger partial charge in [-0.3, -0.25) is 68.2 Å². The molecule has 0 spiro atoms. The second kappa shape index (κ2) is 41.7. The molecule has 0 atom stereocenters. The number of rotatable bonds is 24. The first-order chi connectivity index (χ1) is 60.4. The number of hydrogen-bond donors (Lipinski definition) is 8. The Labute approximate surface area is 823 Å². The van der Waals surface area contributed by atoms with Gasteiger partial charge in [-0.15, -0.1) is 0 Å². The first-order valence-electron chi connectivity index (χ1n) is 38.4. The molecule has 12 aromatic rings. The van der Waals surface area contributed by atoms with Crippen molar-refractivity contribution in [2.75, 3.05) is 37.1 Å². The molecular formula is C95H66Br10N4O20. The number of hydrogen-bond acceptors (Lipinski definition) is 22. The maximum absolute atomic E-state index is 13.5. The Morgan fingerprint density at radius 2 is 0.481 bits per heavy atom. The fraction of sp³-hybridized carbons (Fsp3) is 0.116. The maximum Gasteiger partial charge on any atom is 0.317 e. The molecule has 10 N–H and O–H groups in total. The van der Waals surface area contributed by atoms with Crippen LogP contribution in [0.4, 0.5) is 45.5 Å². The lowest BCUT2D eigenvalue weighted by molar-refractivity contribution is -0.480. The quantitative estimate of drug-likeness (QED) is 0.00915. The largest absolute Gasteiger partial charge is 1.00 e. The van der Waals surface area contributed by atoms with Gasteiger partial charge in [0.25, 0.3) is 0 Å². The number of phenolic OH excluding ortho intramolecular Hbond substituents is 4. The van der Waals surface area contributed by atoms with Crippen LogP contribution in [0.2, 0.25) is 0 Å². The van der Waals surface area contributed by atoms with Crippen LogP contribution in [0.5, 0.6) is 23.0 Å². The summed E-state index contributed by atoms with van der Waals surface area (Å²) in [6, 6.07) is 52.2. The summed E-state index contributed by atoms with van der Waals surface area (Å²) in [5.74, 6) is -7.39. The van der Waals surface area contributed by atoms with Crippen LogP contribution in [-0.2, 0) is 63.8 Å². The molecule has 0 heterocycles. The number of anilines is 4. The molecule has 16 rings (SSSR count). The molecule has 0 saturated carbocycles. The second-order valence-electron chi connectivity index (χ2n) is 29.0. The van der Waals surface area contributed by atoms with Crippen molar-refractivity contribution in [2.24, 2.45) is 0 Å². The highest BCUT2D eigenvalue weighted by Gasteiger charge is 2.41. The summed E-state index contributed by atoms with van der Waals surface area (Å²) in [7, 11) is 0. The van der Waals surface area contributed by atoms with Gasteiger partial charge in [0.05, 0.1) is 112 Å². The minimum Gasteiger partial charge on any atom is -1.00 e. The highest BCUT2D eigenvalue weighted by Crippen LogP contribution is 2.46. The van der Waals surface area contributed by atoms with Crippen molar-refractivity contribution >= 4 is 243 Å². The van der Waals surface area contributed by atoms with Gasteiger partial charge in [-0.1, -0.05) is 104 Å². The molecule has 24 nitrogen and oxygen atoms in total. The fourth-order valence-electron chi connectivity index (χ4n) is 15.1. The molecule has 0 radical (unpaired) electrons. The van der Waals surface area contributed by atoms with Gasteiger partial charge < -0.3 is 84.0 Å². The van der Waals surface area contributed by atoms with Crippen LogP contribution in [0.3, 0.4) is 0 Å². The van der Waals surface area contributed by atoms with Crippen molar-refractivity contribution in [1.29, 1.82) is 0 Å². The molecule has 0 fully saturated rings. The zero-order valence-corrected chi connectivity index (χ0v) is 81.7. The van der Waals surface area contributed by atoms with Crippen LogP contribution in [0.25, 0.3) is 0 Å². The number of halogens is 10. The maximum atomic E-state index is 13.5. The monoisotopic (exact) mass is 2370 g/mol. The smallest absolute Gasteiger partial charge is 0.317 e. The van der Waals surface area contributed by atoms with Crippen LogP contribution in [0.1, 0.15) is 170 Å². The number of nitrogens with one attached hydrogen (secondary N) is 2. The van der Waals surface area contributed by atoms with E-state index in [1.165, 1.54) is 36.4 Å². The van der Waals surface area contributed by atoms with Crippen LogP contribution in [-0.4, -0.2) is 117 Å². The Morgan fingerprint density at radius 1 is 0.279 bits per heavy atom. The summed E-state index contributed by atoms with van der Waals surface area (Å²) < 4.78 is 26.3. The molecule has 4 aliphatic carbocycles. The van der Waals surface area contributed by atoms with E-state index in [4.69, 9.17) is 18.9 Å². The number of nitrogens with two attached hydrogens (primary N) is 2. The summed E-state index contributed by atoms with van der Waals surface area (Å²) >= 11 is 28.6. The van der Waals surface area contributed by atoms with E-state index >= 15 is 0 Å². The number of ether oxygens (including phenoxy) is 4. The van der Waals surface area contributed by atoms with E-state index in [0.29, 0.717) is 107 Å². The van der Waals surface area contributed by atoms with Gasteiger partial charge in [-0.2, -0.15) is 0 Å². The second-order valence-corrected chi connectivity index (χ2v) is 35.9. The Bertz CT molecular complexity index is 5890. The molecule has 0 unspecified atom stereocenters. The number of carbonyl (C=O) groups is 12. The summed E-state index contributed by atoms with van der Waals surface area (Å²) in [6.07, 6.45) is 0.105. The van der Waals surface area contributed by atoms with Crippen LogP contribution < -0.4 is 55.2 Å². The SMILES string of the molecule is C.O=C(CC(=O)OCCc1cc(Br)c(Nc2ccc(O)c3c2C(=O)c2ccccc2C3=O)c(Br)c1)OCCc1cc(Br)c(Nc2ccc(O)c3c2C(=O)c2ccccc2C3=O)c(Br)c1.O=C(CC(=O)OCCc1cc(Br)c([NH2+]c2ccc(O)c3c2C(=O)c2ccccc2C3=O)c(Br)c1)OCCc1cc(Br)c([NH2+]c2ccc(O)c3c2C(=O)c2ccccc2C3=O)c(Br)c1.[Br-].[Br-]. The van der Waals surface area contributed by atoms with Crippen LogP contribution >= 0.6 is 127 Å². The molecule has 0 aliphatic heterocycles. The van der Waals surface area contributed by atoms with E-state index in [0.717, 1.165) is 22.3 Å². The average Bonchev–Trinajstić information content (AvgIpc) is 0.755. The van der Waals surface area contributed by atoms with Crippen LogP contribution in [0.15, 0.2) is 230 Å². The van der Waals surface area contributed by atoms with E-state index in [2.05, 4.69) is 138 Å². The first-order valence-corrected chi connectivity index (χ1v) is 44.7. The standard InChI is InChI=1S/2C47H30Br4N2O10.CH4.2BrH/c2*48-28-17-22(18-29(49)42(28)52-32-9-11-34(54)40-38(32)44(58)24-5-1-3-7-26(24)46(40)60)13-15-62-36(56)21-37(57)63-16-14-23-19-30(50)43(31(51)20-23)53-33-10-12-35(55)41-39(33)45(59)25-6-2-4-8-27(25)47(41)61;;;/h2*1-12,17-20,52-55H,13-16,21H2;1H4;2*1H. The van der Waals surface area contributed by atoms with Gasteiger partial charge in [0, 0.05) is 100 Å². The van der Waals surface area contributed by atoms with E-state index in [-0.39, 0.29) is 191 Å². The lowest BCUT2D eigenvalue weighted by Crippen LogP contribution is -3.00. The number of aromatic hydroxyl groups is 4. The van der Waals surface area contributed by atoms with Gasteiger partial charge in [-0.05, 0) is 235 Å². The van der Waals surface area contributed by atoms with Crippen molar-refractivity contribution in [3.8, 4) is 23.0 Å². The lowest BCUT2D eigenvalue weighted by Gasteiger charge is -2.22.